The zero-order chi connectivity index (χ0) is 36.0. The van der Waals surface area contributed by atoms with Gasteiger partial charge in [-0.3, -0.25) is 0 Å². The van der Waals surface area contributed by atoms with Crippen LogP contribution in [-0.4, -0.2) is 31.0 Å². The number of aromatic nitrogens is 3. The van der Waals surface area contributed by atoms with Gasteiger partial charge in [0.05, 0.1) is 0 Å². The molecular weight excluding hydrogens is 726 g/mol. The number of nitrogens with zero attached hydrogens (tertiary/aromatic N) is 3. The number of hydrogen-bond acceptors (Lipinski definition) is 4. The minimum atomic E-state index is 0.622. The summed E-state index contributed by atoms with van der Waals surface area (Å²) in [5.41, 5.74) is 11.5. The van der Waals surface area contributed by atoms with Crippen molar-refractivity contribution in [2.45, 2.75) is 0 Å². The standard InChI is InChI=1S/C49H30N3OSe/c54-46-36(22-11-27-42(46)49-51-47(31-14-3-1-4-15-31)50-48(52-49)32-16-5-2-6-17-32)34-19-9-18-33(30-34)35-21-10-24-38-37(35)23-12-25-39(38)40-26-13-29-44-45(40)41-20-7-8-28-43(41)53-44/h1-30H. The van der Waals surface area contributed by atoms with E-state index < -0.39 is 0 Å². The summed E-state index contributed by atoms with van der Waals surface area (Å²) in [7, 11) is 0. The fourth-order valence-corrected chi connectivity index (χ4v) is 8.24. The molecule has 253 valence electrons. The summed E-state index contributed by atoms with van der Waals surface area (Å²) in [6.45, 7) is 0. The molecule has 8 aromatic carbocycles. The molecule has 0 unspecified atom stereocenters. The van der Waals surface area contributed by atoms with Crippen molar-refractivity contribution in [1.82, 2.24) is 15.0 Å². The summed E-state index contributed by atoms with van der Waals surface area (Å²) in [4.78, 5) is 14.9. The molecule has 0 fully saturated rings. The van der Waals surface area contributed by atoms with Crippen LogP contribution >= 0.6 is 0 Å². The third-order valence-corrected chi connectivity index (χ3v) is 11.0. The van der Waals surface area contributed by atoms with Crippen LogP contribution in [0.15, 0.2) is 186 Å². The first-order valence-corrected chi connectivity index (χ1v) is 18.8. The van der Waals surface area contributed by atoms with E-state index in [4.69, 9.17) is 19.4 Å². The Morgan fingerprint density at radius 1 is 0.333 bits per heavy atom. The molecule has 10 rings (SSSR count). The van der Waals surface area contributed by atoms with Crippen LogP contribution in [0.5, 0.6) is 0 Å². The number of rotatable bonds is 6. The first-order chi connectivity index (χ1) is 26.7. The molecule has 5 heteroatoms. The van der Waals surface area contributed by atoms with Crippen molar-refractivity contribution in [3.8, 4) is 67.5 Å². The van der Waals surface area contributed by atoms with E-state index in [9.17, 15) is 0 Å². The van der Waals surface area contributed by atoms with E-state index in [0.29, 0.717) is 17.5 Å². The van der Waals surface area contributed by atoms with Crippen molar-refractivity contribution in [3.05, 3.63) is 182 Å². The zero-order valence-electron chi connectivity index (χ0n) is 29.0. The number of hydrogen-bond donors (Lipinski definition) is 0. The molecule has 2 aromatic heterocycles. The summed E-state index contributed by atoms with van der Waals surface area (Å²) >= 11 is 3.39. The van der Waals surface area contributed by atoms with Crippen LogP contribution in [-0.2, 0) is 0 Å². The van der Waals surface area contributed by atoms with Gasteiger partial charge in [0.15, 0.2) is 0 Å². The Bertz CT molecular complexity index is 2950. The predicted octanol–water partition coefficient (Wildman–Crippen LogP) is 11.7. The van der Waals surface area contributed by atoms with Crippen LogP contribution in [0.1, 0.15) is 0 Å². The van der Waals surface area contributed by atoms with Crippen LogP contribution in [0.3, 0.4) is 0 Å². The van der Waals surface area contributed by atoms with E-state index in [-0.39, 0.29) is 0 Å². The monoisotopic (exact) mass is 756 g/mol. The summed E-state index contributed by atoms with van der Waals surface area (Å²) in [5, 5.41) is 4.66. The van der Waals surface area contributed by atoms with Gasteiger partial charge in [-0.25, -0.2) is 0 Å². The Hall–Kier alpha value is -6.65. The van der Waals surface area contributed by atoms with Gasteiger partial charge < -0.3 is 4.42 Å². The molecule has 0 spiro atoms. The van der Waals surface area contributed by atoms with Crippen molar-refractivity contribution < 1.29 is 4.42 Å². The zero-order valence-corrected chi connectivity index (χ0v) is 30.7. The van der Waals surface area contributed by atoms with Gasteiger partial charge in [0.2, 0.25) is 0 Å². The Labute approximate surface area is 320 Å². The van der Waals surface area contributed by atoms with E-state index in [1.165, 1.54) is 27.5 Å². The number of fused-ring (bicyclic) bond motifs is 4. The van der Waals surface area contributed by atoms with E-state index in [1.54, 1.807) is 0 Å². The van der Waals surface area contributed by atoms with Gasteiger partial charge in [-0.15, -0.1) is 0 Å². The molecule has 0 aliphatic rings. The Morgan fingerprint density at radius 3 is 1.54 bits per heavy atom. The third-order valence-electron chi connectivity index (χ3n) is 10.1. The minimum absolute atomic E-state index is 0.622. The first-order valence-electron chi connectivity index (χ1n) is 17.9. The van der Waals surface area contributed by atoms with E-state index in [1.807, 2.05) is 72.8 Å². The van der Waals surface area contributed by atoms with Crippen LogP contribution < -0.4 is 4.46 Å². The molecule has 0 saturated heterocycles. The maximum atomic E-state index is 6.26. The van der Waals surface area contributed by atoms with Crippen molar-refractivity contribution in [2.24, 2.45) is 0 Å². The molecule has 0 bridgehead atoms. The van der Waals surface area contributed by atoms with E-state index >= 15 is 0 Å². The fourth-order valence-electron chi connectivity index (χ4n) is 7.52. The summed E-state index contributed by atoms with van der Waals surface area (Å²) in [5.74, 6) is 1.90. The van der Waals surface area contributed by atoms with Crippen LogP contribution in [0.25, 0.3) is 100 Å². The van der Waals surface area contributed by atoms with Gasteiger partial charge >= 0.3 is 282 Å². The van der Waals surface area contributed by atoms with Gasteiger partial charge in [0.25, 0.3) is 0 Å². The normalized spacial score (nSPS) is 11.4. The Balaban J connectivity index is 1.08. The van der Waals surface area contributed by atoms with Crippen molar-refractivity contribution in [2.75, 3.05) is 0 Å². The molecule has 2 heterocycles. The second-order valence-corrected chi connectivity index (χ2v) is 14.1. The SMILES string of the molecule is [Se]c1c(-c2cccc(-c3cccc4c(-c5cccc6oc7ccccc7c56)cccc34)c2)cccc1-c1nc(-c2ccccc2)nc(-c2ccccc2)n1. The molecule has 0 aliphatic carbocycles. The molecule has 1 radical (unpaired) electrons. The number of furan rings is 1. The molecule has 10 aromatic rings. The fraction of sp³-hybridized carbons (Fsp3) is 0. The van der Waals surface area contributed by atoms with Gasteiger partial charge in [-0.2, -0.15) is 0 Å². The molecule has 0 saturated carbocycles. The third kappa shape index (κ3) is 5.59. The average molecular weight is 756 g/mol. The quantitative estimate of drug-likeness (QED) is 0.159. The van der Waals surface area contributed by atoms with E-state index in [0.717, 1.165) is 59.8 Å². The molecular formula is C49H30N3OSe. The summed E-state index contributed by atoms with van der Waals surface area (Å²) in [6, 6.07) is 63.1. The van der Waals surface area contributed by atoms with Gasteiger partial charge in [0, 0.05) is 0 Å². The summed E-state index contributed by atoms with van der Waals surface area (Å²) in [6.07, 6.45) is 0. The summed E-state index contributed by atoms with van der Waals surface area (Å²) < 4.78 is 7.25. The predicted molar refractivity (Wildman–Crippen MR) is 223 cm³/mol. The molecule has 0 atom stereocenters. The van der Waals surface area contributed by atoms with Crippen LogP contribution in [0, 0.1) is 0 Å². The molecule has 0 aliphatic heterocycles. The van der Waals surface area contributed by atoms with E-state index in [2.05, 4.69) is 125 Å². The van der Waals surface area contributed by atoms with Gasteiger partial charge in [-0.1, -0.05) is 18.2 Å². The topological polar surface area (TPSA) is 51.8 Å². The van der Waals surface area contributed by atoms with Crippen LogP contribution in [0.4, 0.5) is 0 Å². The molecule has 54 heavy (non-hydrogen) atoms. The average Bonchev–Trinajstić information content (AvgIpc) is 3.63. The van der Waals surface area contributed by atoms with Gasteiger partial charge in [-0.05, 0) is 12.1 Å². The second kappa shape index (κ2) is 13.4. The Kier molecular flexibility index (Phi) is 7.95. The van der Waals surface area contributed by atoms with Gasteiger partial charge in [0.1, 0.15) is 5.58 Å². The Morgan fingerprint density at radius 2 is 0.796 bits per heavy atom. The van der Waals surface area contributed by atoms with Crippen molar-refractivity contribution in [1.29, 1.82) is 0 Å². The molecule has 0 amide bonds. The van der Waals surface area contributed by atoms with Crippen molar-refractivity contribution in [3.63, 3.8) is 0 Å². The second-order valence-electron chi connectivity index (χ2n) is 13.3. The van der Waals surface area contributed by atoms with Crippen LogP contribution in [0.2, 0.25) is 0 Å². The number of benzene rings is 8. The first kappa shape index (κ1) is 32.0. The molecule has 0 N–H and O–H groups in total. The maximum absolute atomic E-state index is 6.26. The molecule has 4 nitrogen and oxygen atoms in total. The number of para-hydroxylation sites is 1. The van der Waals surface area contributed by atoms with Crippen molar-refractivity contribution >= 4 is 53.2 Å².